The smallest absolute Gasteiger partial charge is 0.321 e. The standard InChI is InChI=1S/C20H26N6O2/c1-13(2)26-18-9-10-24(12-17(18)22-20(26)28)19(27)21-15-4-6-16(7-5-15)25-11-8-14(3)23-25/h4-8,11,13,17-18H,9-10,12H2,1-3H3,(H,21,27)(H,22,28)/t17-,18+/m1/s1. The van der Waals surface area contributed by atoms with Crippen LogP contribution < -0.4 is 10.6 Å². The van der Waals surface area contributed by atoms with Crippen LogP contribution >= 0.6 is 0 Å². The maximum Gasteiger partial charge on any atom is 0.321 e. The Morgan fingerprint density at radius 1 is 1.25 bits per heavy atom. The first-order valence-corrected chi connectivity index (χ1v) is 9.70. The normalized spacial score (nSPS) is 21.6. The third kappa shape index (κ3) is 3.42. The number of carbonyl (C=O) groups excluding carboxylic acids is 2. The second kappa shape index (κ2) is 7.18. The fraction of sp³-hybridized carbons (Fsp3) is 0.450. The van der Waals surface area contributed by atoms with Crippen molar-refractivity contribution in [3.63, 3.8) is 0 Å². The number of piperidine rings is 1. The molecule has 2 saturated heterocycles. The van der Waals surface area contributed by atoms with Gasteiger partial charge < -0.3 is 20.4 Å². The van der Waals surface area contributed by atoms with Crippen molar-refractivity contribution < 1.29 is 9.59 Å². The number of likely N-dealkylation sites (tertiary alicyclic amines) is 1. The van der Waals surface area contributed by atoms with Crippen molar-refractivity contribution in [3.05, 3.63) is 42.2 Å². The molecule has 8 heteroatoms. The van der Waals surface area contributed by atoms with Crippen LogP contribution in [0.3, 0.4) is 0 Å². The summed E-state index contributed by atoms with van der Waals surface area (Å²) in [4.78, 5) is 28.5. The van der Waals surface area contributed by atoms with Crippen LogP contribution in [0, 0.1) is 6.92 Å². The summed E-state index contributed by atoms with van der Waals surface area (Å²) in [5.74, 6) is 0. The molecule has 0 saturated carbocycles. The average molecular weight is 382 g/mol. The summed E-state index contributed by atoms with van der Waals surface area (Å²) in [6, 6.07) is 9.67. The molecule has 0 unspecified atom stereocenters. The van der Waals surface area contributed by atoms with Crippen LogP contribution in [0.4, 0.5) is 15.3 Å². The summed E-state index contributed by atoms with van der Waals surface area (Å²) in [6.07, 6.45) is 2.69. The van der Waals surface area contributed by atoms with Gasteiger partial charge in [-0.15, -0.1) is 0 Å². The number of urea groups is 2. The Morgan fingerprint density at radius 3 is 2.64 bits per heavy atom. The Bertz CT molecular complexity index is 875. The van der Waals surface area contributed by atoms with Gasteiger partial charge in [-0.3, -0.25) is 0 Å². The van der Waals surface area contributed by atoms with Gasteiger partial charge in [0.15, 0.2) is 0 Å². The summed E-state index contributed by atoms with van der Waals surface area (Å²) >= 11 is 0. The Balaban J connectivity index is 1.38. The molecule has 0 bridgehead atoms. The lowest BCUT2D eigenvalue weighted by molar-refractivity contribution is 0.138. The highest BCUT2D eigenvalue weighted by Gasteiger charge is 2.44. The van der Waals surface area contributed by atoms with Crippen LogP contribution in [0.25, 0.3) is 5.69 Å². The number of amides is 4. The van der Waals surface area contributed by atoms with E-state index in [4.69, 9.17) is 0 Å². The first-order chi connectivity index (χ1) is 13.4. The Kier molecular flexibility index (Phi) is 4.70. The number of nitrogens with zero attached hydrogens (tertiary/aromatic N) is 4. The quantitative estimate of drug-likeness (QED) is 0.856. The van der Waals surface area contributed by atoms with E-state index in [9.17, 15) is 9.59 Å². The molecule has 2 aromatic rings. The van der Waals surface area contributed by atoms with Crippen molar-refractivity contribution in [2.45, 2.75) is 45.3 Å². The lowest BCUT2D eigenvalue weighted by atomic mass is 9.99. The molecule has 2 fully saturated rings. The molecule has 1 aromatic carbocycles. The molecule has 8 nitrogen and oxygen atoms in total. The van der Waals surface area contributed by atoms with Gasteiger partial charge in [0.1, 0.15) is 0 Å². The maximum atomic E-state index is 12.7. The number of anilines is 1. The predicted octanol–water partition coefficient (Wildman–Crippen LogP) is 2.59. The number of hydrogen-bond acceptors (Lipinski definition) is 3. The van der Waals surface area contributed by atoms with Gasteiger partial charge in [-0.2, -0.15) is 5.10 Å². The van der Waals surface area contributed by atoms with Crippen LogP contribution in [-0.2, 0) is 0 Å². The minimum absolute atomic E-state index is 0.0140. The lowest BCUT2D eigenvalue weighted by Crippen LogP contribution is -2.54. The van der Waals surface area contributed by atoms with Crippen molar-refractivity contribution in [1.82, 2.24) is 24.9 Å². The maximum absolute atomic E-state index is 12.7. The van der Waals surface area contributed by atoms with Crippen molar-refractivity contribution in [2.75, 3.05) is 18.4 Å². The Morgan fingerprint density at radius 2 is 2.00 bits per heavy atom. The van der Waals surface area contributed by atoms with Crippen molar-refractivity contribution >= 4 is 17.7 Å². The summed E-state index contributed by atoms with van der Waals surface area (Å²) in [7, 11) is 0. The number of carbonyl (C=O) groups is 2. The second-order valence-corrected chi connectivity index (χ2v) is 7.74. The monoisotopic (exact) mass is 382 g/mol. The van der Waals surface area contributed by atoms with E-state index >= 15 is 0 Å². The van der Waals surface area contributed by atoms with Crippen LogP contribution in [0.1, 0.15) is 26.0 Å². The van der Waals surface area contributed by atoms with Gasteiger partial charge in [0.2, 0.25) is 0 Å². The van der Waals surface area contributed by atoms with Crippen LogP contribution in [0.15, 0.2) is 36.5 Å². The highest BCUT2D eigenvalue weighted by molar-refractivity contribution is 5.89. The lowest BCUT2D eigenvalue weighted by Gasteiger charge is -2.37. The van der Waals surface area contributed by atoms with Gasteiger partial charge in [-0.05, 0) is 57.5 Å². The van der Waals surface area contributed by atoms with Crippen LogP contribution in [0.2, 0.25) is 0 Å². The molecule has 3 heterocycles. The van der Waals surface area contributed by atoms with Crippen LogP contribution in [-0.4, -0.2) is 62.9 Å². The van der Waals surface area contributed by atoms with Gasteiger partial charge in [0, 0.05) is 31.0 Å². The summed E-state index contributed by atoms with van der Waals surface area (Å²) in [5, 5.41) is 10.4. The van der Waals surface area contributed by atoms with Crippen molar-refractivity contribution in [2.24, 2.45) is 0 Å². The SMILES string of the molecule is Cc1ccn(-c2ccc(NC(=O)N3CC[C@H]4[C@@H](C3)NC(=O)N4C(C)C)cc2)n1. The molecule has 0 aliphatic carbocycles. The molecule has 2 N–H and O–H groups in total. The number of benzene rings is 1. The van der Waals surface area contributed by atoms with E-state index in [-0.39, 0.29) is 30.2 Å². The molecule has 148 valence electrons. The topological polar surface area (TPSA) is 82.5 Å². The molecule has 1 aromatic heterocycles. The molecule has 2 atom stereocenters. The molecule has 0 spiro atoms. The van der Waals surface area contributed by atoms with Gasteiger partial charge >= 0.3 is 12.1 Å². The average Bonchev–Trinajstić information content (AvgIpc) is 3.23. The Hall–Kier alpha value is -3.03. The number of fused-ring (bicyclic) bond motifs is 1. The molecule has 4 rings (SSSR count). The molecule has 2 aliphatic rings. The first-order valence-electron chi connectivity index (χ1n) is 9.70. The molecule has 4 amide bonds. The van der Waals surface area contributed by atoms with Crippen LogP contribution in [0.5, 0.6) is 0 Å². The van der Waals surface area contributed by atoms with E-state index in [0.29, 0.717) is 13.1 Å². The predicted molar refractivity (Wildman–Crippen MR) is 107 cm³/mol. The van der Waals surface area contributed by atoms with E-state index in [2.05, 4.69) is 15.7 Å². The van der Waals surface area contributed by atoms with E-state index in [1.165, 1.54) is 0 Å². The van der Waals surface area contributed by atoms with Crippen molar-refractivity contribution in [1.29, 1.82) is 0 Å². The Labute approximate surface area is 164 Å². The summed E-state index contributed by atoms with van der Waals surface area (Å²) in [5.41, 5.74) is 2.63. The highest BCUT2D eigenvalue weighted by atomic mass is 16.2. The largest absolute Gasteiger partial charge is 0.331 e. The molecule has 2 aliphatic heterocycles. The van der Waals surface area contributed by atoms with E-state index in [1.54, 1.807) is 9.58 Å². The fourth-order valence-corrected chi connectivity index (χ4v) is 4.06. The molecular weight excluding hydrogens is 356 g/mol. The number of aromatic nitrogens is 2. The minimum atomic E-state index is -0.140. The van der Waals surface area contributed by atoms with Gasteiger partial charge in [0.25, 0.3) is 0 Å². The number of hydrogen-bond donors (Lipinski definition) is 2. The van der Waals surface area contributed by atoms with E-state index in [1.807, 2.05) is 62.2 Å². The molecule has 0 radical (unpaired) electrons. The fourth-order valence-electron chi connectivity index (χ4n) is 4.06. The zero-order valence-electron chi connectivity index (χ0n) is 16.4. The zero-order valence-corrected chi connectivity index (χ0v) is 16.4. The van der Waals surface area contributed by atoms with Gasteiger partial charge in [0.05, 0.1) is 23.5 Å². The van der Waals surface area contributed by atoms with E-state index in [0.717, 1.165) is 23.5 Å². The highest BCUT2D eigenvalue weighted by Crippen LogP contribution is 2.25. The summed E-state index contributed by atoms with van der Waals surface area (Å²) in [6.45, 7) is 7.15. The number of rotatable bonds is 3. The zero-order chi connectivity index (χ0) is 19.8. The minimum Gasteiger partial charge on any atom is -0.331 e. The third-order valence-corrected chi connectivity index (χ3v) is 5.43. The third-order valence-electron chi connectivity index (χ3n) is 5.43. The van der Waals surface area contributed by atoms with E-state index < -0.39 is 0 Å². The summed E-state index contributed by atoms with van der Waals surface area (Å²) < 4.78 is 1.80. The second-order valence-electron chi connectivity index (χ2n) is 7.74. The number of nitrogens with one attached hydrogen (secondary N) is 2. The number of aryl methyl sites for hydroxylation is 1. The van der Waals surface area contributed by atoms with Crippen molar-refractivity contribution in [3.8, 4) is 5.69 Å². The van der Waals surface area contributed by atoms with Gasteiger partial charge in [-0.25, -0.2) is 14.3 Å². The molecular formula is C20H26N6O2. The molecule has 28 heavy (non-hydrogen) atoms. The van der Waals surface area contributed by atoms with Gasteiger partial charge in [-0.1, -0.05) is 0 Å². The first kappa shape index (κ1) is 18.3.